The summed E-state index contributed by atoms with van der Waals surface area (Å²) in [6.07, 6.45) is 14.0. The van der Waals surface area contributed by atoms with E-state index in [-0.39, 0.29) is 16.2 Å². The third-order valence-electron chi connectivity index (χ3n) is 11.6. The van der Waals surface area contributed by atoms with Crippen LogP contribution in [0.25, 0.3) is 11.5 Å². The zero-order chi connectivity index (χ0) is 22.8. The number of carbonyl (C=O) groups is 1. The fourth-order valence-corrected chi connectivity index (χ4v) is 11.4. The van der Waals surface area contributed by atoms with Crippen LogP contribution >= 0.6 is 0 Å². The molecule has 8 fully saturated rings. The largest absolute Gasteiger partial charge is 0.481 e. The SMILES string of the molecule is O=C(O)C12CC3CC(C1)CC(C14CC5CC(CC(c6nnc(-c7ccccc7)o6)(C5)C1)C4)(C3)C2. The molecular formula is C29H34N2O3. The third-order valence-corrected chi connectivity index (χ3v) is 11.6. The lowest BCUT2D eigenvalue weighted by Gasteiger charge is -2.73. The maximum atomic E-state index is 12.6. The standard InChI is InChI=1S/C29H34N2O3/c32-25(33)27-10-20-7-21(11-27)15-29(14-20,17-27)28-12-18-6-19(13-28)9-26(8-18,16-28)24-31-30-23(34-24)22-4-2-1-3-5-22/h1-5,18-21H,6-17H2,(H,32,33). The van der Waals surface area contributed by atoms with E-state index < -0.39 is 11.4 Å². The van der Waals surface area contributed by atoms with E-state index in [2.05, 4.69) is 5.10 Å². The molecule has 8 aliphatic carbocycles. The molecule has 0 saturated heterocycles. The summed E-state index contributed by atoms with van der Waals surface area (Å²) >= 11 is 0. The number of hydrogen-bond donors (Lipinski definition) is 1. The zero-order valence-electron chi connectivity index (χ0n) is 19.8. The normalized spacial score (nSPS) is 47.9. The number of carboxylic acid groups (broad SMARTS) is 1. The maximum absolute atomic E-state index is 12.6. The predicted molar refractivity (Wildman–Crippen MR) is 126 cm³/mol. The molecule has 8 saturated carbocycles. The smallest absolute Gasteiger partial charge is 0.309 e. The predicted octanol–water partition coefficient (Wildman–Crippen LogP) is 6.25. The van der Waals surface area contributed by atoms with Crippen molar-refractivity contribution in [2.24, 2.45) is 39.9 Å². The molecule has 4 unspecified atom stereocenters. The first-order valence-corrected chi connectivity index (χ1v) is 13.5. The summed E-state index contributed by atoms with van der Waals surface area (Å²) in [5.41, 5.74) is 0.998. The van der Waals surface area contributed by atoms with E-state index in [1.165, 1.54) is 51.4 Å². The highest BCUT2D eigenvalue weighted by Gasteiger charge is 2.71. The molecule has 0 amide bonds. The Bertz CT molecular complexity index is 1140. The van der Waals surface area contributed by atoms with Crippen LogP contribution < -0.4 is 0 Å². The molecule has 5 nitrogen and oxygen atoms in total. The number of aliphatic carboxylic acids is 1. The van der Waals surface area contributed by atoms with Crippen molar-refractivity contribution in [2.75, 3.05) is 0 Å². The summed E-state index contributed by atoms with van der Waals surface area (Å²) in [5, 5.41) is 19.6. The van der Waals surface area contributed by atoms with Crippen molar-refractivity contribution < 1.29 is 14.3 Å². The maximum Gasteiger partial charge on any atom is 0.309 e. The molecule has 1 aromatic heterocycles. The second-order valence-electron chi connectivity index (χ2n) is 13.6. The van der Waals surface area contributed by atoms with Gasteiger partial charge in [0.05, 0.1) is 5.41 Å². The fraction of sp³-hybridized carbons (Fsp3) is 0.690. The molecule has 8 bridgehead atoms. The molecule has 0 aliphatic heterocycles. The molecular weight excluding hydrogens is 424 g/mol. The minimum absolute atomic E-state index is 0.0101. The summed E-state index contributed by atoms with van der Waals surface area (Å²) in [6, 6.07) is 10.1. The Balaban J connectivity index is 1.21. The van der Waals surface area contributed by atoms with Crippen LogP contribution in [0.15, 0.2) is 34.7 Å². The van der Waals surface area contributed by atoms with Crippen molar-refractivity contribution in [3.63, 3.8) is 0 Å². The number of nitrogens with zero attached hydrogens (tertiary/aromatic N) is 2. The molecule has 1 N–H and O–H groups in total. The van der Waals surface area contributed by atoms with Crippen LogP contribution in [0.4, 0.5) is 0 Å². The Kier molecular flexibility index (Phi) is 3.74. The molecule has 34 heavy (non-hydrogen) atoms. The first kappa shape index (κ1) is 20.1. The van der Waals surface area contributed by atoms with Crippen molar-refractivity contribution in [3.8, 4) is 11.5 Å². The highest BCUT2D eigenvalue weighted by molar-refractivity contribution is 5.75. The van der Waals surface area contributed by atoms with E-state index >= 15 is 0 Å². The van der Waals surface area contributed by atoms with Crippen LogP contribution in [-0.2, 0) is 10.2 Å². The second kappa shape index (κ2) is 6.33. The Hall–Kier alpha value is -2.17. The summed E-state index contributed by atoms with van der Waals surface area (Å²) < 4.78 is 6.46. The summed E-state index contributed by atoms with van der Waals surface area (Å²) in [5.74, 6) is 3.69. The molecule has 8 aliphatic rings. The molecule has 0 spiro atoms. The van der Waals surface area contributed by atoms with Crippen LogP contribution in [0.2, 0.25) is 0 Å². The van der Waals surface area contributed by atoms with Gasteiger partial charge in [0.2, 0.25) is 11.8 Å². The van der Waals surface area contributed by atoms with Gasteiger partial charge in [-0.05, 0) is 124 Å². The number of aromatic nitrogens is 2. The number of rotatable bonds is 4. The Morgan fingerprint density at radius 1 is 0.794 bits per heavy atom. The second-order valence-corrected chi connectivity index (χ2v) is 13.6. The number of benzene rings is 1. The number of hydrogen-bond acceptors (Lipinski definition) is 4. The zero-order valence-corrected chi connectivity index (χ0v) is 19.8. The van der Waals surface area contributed by atoms with Crippen molar-refractivity contribution in [3.05, 3.63) is 36.2 Å². The van der Waals surface area contributed by atoms with Gasteiger partial charge in [0.15, 0.2) is 0 Å². The minimum Gasteiger partial charge on any atom is -0.481 e. The average Bonchev–Trinajstić information content (AvgIpc) is 3.29. The average molecular weight is 459 g/mol. The third kappa shape index (κ3) is 2.49. The van der Waals surface area contributed by atoms with Gasteiger partial charge in [0, 0.05) is 11.0 Å². The van der Waals surface area contributed by atoms with Crippen molar-refractivity contribution in [1.29, 1.82) is 0 Å². The van der Waals surface area contributed by atoms with Crippen LogP contribution in [0.5, 0.6) is 0 Å². The molecule has 2 aromatic rings. The van der Waals surface area contributed by atoms with Gasteiger partial charge in [-0.1, -0.05) is 18.2 Å². The molecule has 4 atom stereocenters. The van der Waals surface area contributed by atoms with Crippen LogP contribution in [0.3, 0.4) is 0 Å². The van der Waals surface area contributed by atoms with Gasteiger partial charge in [0.25, 0.3) is 0 Å². The molecule has 1 heterocycles. The van der Waals surface area contributed by atoms with E-state index in [0.29, 0.717) is 17.7 Å². The lowest BCUT2D eigenvalue weighted by atomic mass is 9.31. The lowest BCUT2D eigenvalue weighted by Crippen LogP contribution is -2.66. The first-order valence-electron chi connectivity index (χ1n) is 13.5. The van der Waals surface area contributed by atoms with Crippen LogP contribution in [-0.4, -0.2) is 21.3 Å². The van der Waals surface area contributed by atoms with Crippen LogP contribution in [0, 0.1) is 39.9 Å². The monoisotopic (exact) mass is 458 g/mol. The molecule has 5 heteroatoms. The summed E-state index contributed by atoms with van der Waals surface area (Å²) in [7, 11) is 0. The molecule has 0 radical (unpaired) electrons. The van der Waals surface area contributed by atoms with Gasteiger partial charge in [-0.2, -0.15) is 0 Å². The van der Waals surface area contributed by atoms with Gasteiger partial charge in [-0.15, -0.1) is 10.2 Å². The van der Waals surface area contributed by atoms with E-state index in [1.807, 2.05) is 30.3 Å². The quantitative estimate of drug-likeness (QED) is 0.586. The first-order chi connectivity index (χ1) is 16.4. The van der Waals surface area contributed by atoms with Gasteiger partial charge in [-0.3, -0.25) is 4.79 Å². The van der Waals surface area contributed by atoms with E-state index in [9.17, 15) is 9.90 Å². The molecule has 1 aromatic carbocycles. The Morgan fingerprint density at radius 3 is 2.00 bits per heavy atom. The van der Waals surface area contributed by atoms with Gasteiger partial charge >= 0.3 is 5.97 Å². The Labute approximate surface area is 200 Å². The topological polar surface area (TPSA) is 76.2 Å². The highest BCUT2D eigenvalue weighted by atomic mass is 16.4. The van der Waals surface area contributed by atoms with Crippen LogP contribution in [0.1, 0.15) is 82.9 Å². The highest BCUT2D eigenvalue weighted by Crippen LogP contribution is 2.78. The summed E-state index contributed by atoms with van der Waals surface area (Å²) in [6.45, 7) is 0. The van der Waals surface area contributed by atoms with Gasteiger partial charge in [0.1, 0.15) is 0 Å². The molecule has 178 valence electrons. The fourth-order valence-electron chi connectivity index (χ4n) is 11.4. The van der Waals surface area contributed by atoms with Gasteiger partial charge in [-0.25, -0.2) is 0 Å². The van der Waals surface area contributed by atoms with Crippen molar-refractivity contribution in [1.82, 2.24) is 10.2 Å². The lowest BCUT2D eigenvalue weighted by molar-refractivity contribution is -0.231. The minimum atomic E-state index is -0.505. The van der Waals surface area contributed by atoms with Crippen molar-refractivity contribution >= 4 is 5.97 Å². The van der Waals surface area contributed by atoms with E-state index in [1.54, 1.807) is 0 Å². The van der Waals surface area contributed by atoms with Gasteiger partial charge < -0.3 is 9.52 Å². The molecule has 10 rings (SSSR count). The van der Waals surface area contributed by atoms with Crippen molar-refractivity contribution in [2.45, 2.75) is 82.5 Å². The Morgan fingerprint density at radius 2 is 1.38 bits per heavy atom. The number of carboxylic acids is 1. The van der Waals surface area contributed by atoms with E-state index in [4.69, 9.17) is 9.52 Å². The van der Waals surface area contributed by atoms with E-state index in [0.717, 1.165) is 49.0 Å². The summed E-state index contributed by atoms with van der Waals surface area (Å²) in [4.78, 5) is 12.6.